The van der Waals surface area contributed by atoms with E-state index in [0.29, 0.717) is 13.0 Å². The number of nitrogens with two attached hydrogens (primary N) is 1. The lowest BCUT2D eigenvalue weighted by Crippen LogP contribution is -2.46. The fourth-order valence-electron chi connectivity index (χ4n) is 1.19. The van der Waals surface area contributed by atoms with Crippen LogP contribution in [0.4, 0.5) is 4.79 Å². The quantitative estimate of drug-likeness (QED) is 0.360. The minimum Gasteiger partial charge on any atom is -0.480 e. The van der Waals surface area contributed by atoms with Gasteiger partial charge in [-0.2, -0.15) is 0 Å². The topological polar surface area (TPSA) is 122 Å². The molecule has 18 heavy (non-hydrogen) atoms. The van der Waals surface area contributed by atoms with Gasteiger partial charge in [-0.1, -0.05) is 12.2 Å². The molecule has 0 aliphatic rings. The van der Waals surface area contributed by atoms with Crippen LogP contribution >= 0.6 is 0 Å². The Balaban J connectivity index is 4.03. The first-order valence-corrected chi connectivity index (χ1v) is 5.64. The van der Waals surface area contributed by atoms with E-state index in [1.807, 2.05) is 19.1 Å². The number of urea groups is 1. The number of primary amides is 1. The van der Waals surface area contributed by atoms with Crippen LogP contribution in [0.5, 0.6) is 0 Å². The summed E-state index contributed by atoms with van der Waals surface area (Å²) in [5, 5.41) is 13.6. The number of carboxylic acid groups (broad SMARTS) is 1. The van der Waals surface area contributed by atoms with E-state index < -0.39 is 23.9 Å². The smallest absolute Gasteiger partial charge is 0.326 e. The SMILES string of the molecule is C/C=C/CCNC(=O)N[C@H](CCC(N)=O)C(=O)O. The summed E-state index contributed by atoms with van der Waals surface area (Å²) >= 11 is 0. The Morgan fingerprint density at radius 3 is 2.56 bits per heavy atom. The number of rotatable bonds is 8. The van der Waals surface area contributed by atoms with Crippen molar-refractivity contribution in [2.45, 2.75) is 32.2 Å². The van der Waals surface area contributed by atoms with Crippen LogP contribution in [0.2, 0.25) is 0 Å². The lowest BCUT2D eigenvalue weighted by atomic mass is 10.1. The number of hydrogen-bond donors (Lipinski definition) is 4. The Hall–Kier alpha value is -2.05. The molecule has 0 saturated carbocycles. The van der Waals surface area contributed by atoms with E-state index in [1.54, 1.807) is 0 Å². The Morgan fingerprint density at radius 2 is 2.06 bits per heavy atom. The molecule has 5 N–H and O–H groups in total. The van der Waals surface area contributed by atoms with E-state index >= 15 is 0 Å². The number of carbonyl (C=O) groups is 3. The van der Waals surface area contributed by atoms with Crippen LogP contribution in [0.15, 0.2) is 12.2 Å². The molecule has 0 unspecified atom stereocenters. The molecule has 0 rings (SSSR count). The molecule has 0 fully saturated rings. The molecule has 102 valence electrons. The van der Waals surface area contributed by atoms with Crippen molar-refractivity contribution in [2.75, 3.05) is 6.54 Å². The van der Waals surface area contributed by atoms with Gasteiger partial charge in [0.05, 0.1) is 0 Å². The van der Waals surface area contributed by atoms with E-state index in [4.69, 9.17) is 10.8 Å². The molecule has 0 heterocycles. The fourth-order valence-corrected chi connectivity index (χ4v) is 1.19. The molecule has 0 aromatic carbocycles. The third-order valence-corrected chi connectivity index (χ3v) is 2.12. The van der Waals surface area contributed by atoms with Crippen LogP contribution in [0.25, 0.3) is 0 Å². The number of aliphatic carboxylic acids is 1. The van der Waals surface area contributed by atoms with Crippen LogP contribution in [0.1, 0.15) is 26.2 Å². The van der Waals surface area contributed by atoms with Gasteiger partial charge in [-0.3, -0.25) is 4.79 Å². The molecule has 0 bridgehead atoms. The molecule has 0 saturated heterocycles. The van der Waals surface area contributed by atoms with E-state index in [-0.39, 0.29) is 12.8 Å². The first kappa shape index (κ1) is 16.0. The van der Waals surface area contributed by atoms with Crippen molar-refractivity contribution in [2.24, 2.45) is 5.73 Å². The molecular formula is C11H19N3O4. The van der Waals surface area contributed by atoms with Crippen LogP contribution in [-0.2, 0) is 9.59 Å². The monoisotopic (exact) mass is 257 g/mol. The standard InChI is InChI=1S/C11H19N3O4/c1-2-3-4-7-13-11(18)14-8(10(16)17)5-6-9(12)15/h2-3,8H,4-7H2,1H3,(H2,12,15)(H,16,17)(H2,13,14,18)/b3-2+/t8-/m1/s1. The van der Waals surface area contributed by atoms with Crippen molar-refractivity contribution < 1.29 is 19.5 Å². The first-order valence-electron chi connectivity index (χ1n) is 5.64. The molecule has 1 atom stereocenters. The number of nitrogens with one attached hydrogen (secondary N) is 2. The van der Waals surface area contributed by atoms with E-state index in [1.165, 1.54) is 0 Å². The summed E-state index contributed by atoms with van der Waals surface area (Å²) in [4.78, 5) is 32.7. The van der Waals surface area contributed by atoms with Gasteiger partial charge in [0.15, 0.2) is 0 Å². The Kier molecular flexibility index (Phi) is 8.00. The lowest BCUT2D eigenvalue weighted by molar-refractivity contribution is -0.139. The van der Waals surface area contributed by atoms with Crippen molar-refractivity contribution >= 4 is 17.9 Å². The van der Waals surface area contributed by atoms with Gasteiger partial charge < -0.3 is 21.5 Å². The highest BCUT2D eigenvalue weighted by molar-refractivity contribution is 5.83. The average molecular weight is 257 g/mol. The maximum absolute atomic E-state index is 11.3. The van der Waals surface area contributed by atoms with Crippen LogP contribution < -0.4 is 16.4 Å². The number of allylic oxidation sites excluding steroid dienone is 1. The van der Waals surface area contributed by atoms with E-state index in [0.717, 1.165) is 0 Å². The summed E-state index contributed by atoms with van der Waals surface area (Å²) in [5.74, 6) is -1.80. The highest BCUT2D eigenvalue weighted by Gasteiger charge is 2.19. The molecule has 7 nitrogen and oxygen atoms in total. The highest BCUT2D eigenvalue weighted by Crippen LogP contribution is 1.97. The summed E-state index contributed by atoms with van der Waals surface area (Å²) in [7, 11) is 0. The Labute approximate surface area is 105 Å². The lowest BCUT2D eigenvalue weighted by Gasteiger charge is -2.14. The zero-order valence-corrected chi connectivity index (χ0v) is 10.3. The van der Waals surface area contributed by atoms with Crippen LogP contribution in [0.3, 0.4) is 0 Å². The average Bonchev–Trinajstić information content (AvgIpc) is 2.29. The molecule has 0 spiro atoms. The maximum atomic E-state index is 11.3. The third-order valence-electron chi connectivity index (χ3n) is 2.12. The van der Waals surface area contributed by atoms with Crippen LogP contribution in [0, 0.1) is 0 Å². The van der Waals surface area contributed by atoms with Crippen molar-refractivity contribution in [1.82, 2.24) is 10.6 Å². The van der Waals surface area contributed by atoms with Gasteiger partial charge in [-0.15, -0.1) is 0 Å². The van der Waals surface area contributed by atoms with Gasteiger partial charge in [0.2, 0.25) is 5.91 Å². The second-order valence-corrected chi connectivity index (χ2v) is 3.65. The molecular weight excluding hydrogens is 238 g/mol. The van der Waals surface area contributed by atoms with Crippen molar-refractivity contribution in [3.05, 3.63) is 12.2 Å². The Morgan fingerprint density at radius 1 is 1.39 bits per heavy atom. The maximum Gasteiger partial charge on any atom is 0.326 e. The zero-order chi connectivity index (χ0) is 14.0. The van der Waals surface area contributed by atoms with Gasteiger partial charge in [0.25, 0.3) is 0 Å². The third kappa shape index (κ3) is 8.14. The van der Waals surface area contributed by atoms with Gasteiger partial charge in [0, 0.05) is 13.0 Å². The summed E-state index contributed by atoms with van der Waals surface area (Å²) in [6.45, 7) is 2.28. The number of amides is 3. The predicted octanol–water partition coefficient (Wildman–Crippen LogP) is -0.0295. The minimum atomic E-state index is -1.19. The first-order chi connectivity index (χ1) is 8.47. The van der Waals surface area contributed by atoms with Gasteiger partial charge in [-0.25, -0.2) is 9.59 Å². The van der Waals surface area contributed by atoms with Gasteiger partial charge >= 0.3 is 12.0 Å². The minimum absolute atomic E-state index is 0.0209. The molecule has 0 radical (unpaired) electrons. The summed E-state index contributed by atoms with van der Waals surface area (Å²) in [6, 6.07) is -1.68. The number of hydrogen-bond acceptors (Lipinski definition) is 3. The van der Waals surface area contributed by atoms with Crippen LogP contribution in [-0.4, -0.2) is 35.6 Å². The van der Waals surface area contributed by atoms with Gasteiger partial charge in [-0.05, 0) is 19.8 Å². The molecule has 0 aliphatic carbocycles. The summed E-state index contributed by atoms with van der Waals surface area (Å²) < 4.78 is 0. The van der Waals surface area contributed by atoms with Crippen molar-refractivity contribution in [1.29, 1.82) is 0 Å². The van der Waals surface area contributed by atoms with Crippen molar-refractivity contribution in [3.8, 4) is 0 Å². The summed E-state index contributed by atoms with van der Waals surface area (Å²) in [5.41, 5.74) is 4.92. The Bertz CT molecular complexity index is 328. The second-order valence-electron chi connectivity index (χ2n) is 3.65. The number of carbonyl (C=O) groups excluding carboxylic acids is 2. The zero-order valence-electron chi connectivity index (χ0n) is 10.3. The highest BCUT2D eigenvalue weighted by atomic mass is 16.4. The second kappa shape index (κ2) is 9.03. The van der Waals surface area contributed by atoms with E-state index in [2.05, 4.69) is 10.6 Å². The molecule has 0 aromatic heterocycles. The molecule has 3 amide bonds. The molecule has 0 aliphatic heterocycles. The molecule has 0 aromatic rings. The summed E-state index contributed by atoms with van der Waals surface area (Å²) in [6.07, 6.45) is 4.29. The van der Waals surface area contributed by atoms with Crippen molar-refractivity contribution in [3.63, 3.8) is 0 Å². The largest absolute Gasteiger partial charge is 0.480 e. The fraction of sp³-hybridized carbons (Fsp3) is 0.545. The predicted molar refractivity (Wildman–Crippen MR) is 65.8 cm³/mol. The van der Waals surface area contributed by atoms with Gasteiger partial charge in [0.1, 0.15) is 6.04 Å². The van der Waals surface area contributed by atoms with E-state index in [9.17, 15) is 14.4 Å². The normalized spacial score (nSPS) is 12.1. The molecule has 7 heteroatoms. The number of carboxylic acids is 1.